The normalized spacial score (nSPS) is 9.89. The molecule has 0 saturated carbocycles. The van der Waals surface area contributed by atoms with E-state index in [4.69, 9.17) is 4.74 Å². The summed E-state index contributed by atoms with van der Waals surface area (Å²) in [7, 11) is 2.74. The number of esters is 1. The van der Waals surface area contributed by atoms with Gasteiger partial charge in [-0.25, -0.2) is 9.78 Å². The Bertz CT molecular complexity index is 558. The van der Waals surface area contributed by atoms with E-state index in [1.165, 1.54) is 14.2 Å². The van der Waals surface area contributed by atoms with Gasteiger partial charge in [-0.1, -0.05) is 0 Å². The van der Waals surface area contributed by atoms with Gasteiger partial charge >= 0.3 is 5.97 Å². The van der Waals surface area contributed by atoms with E-state index in [1.807, 2.05) is 0 Å². The first kappa shape index (κ1) is 12.0. The largest absolute Gasteiger partial charge is 0.480 e. The predicted molar refractivity (Wildman–Crippen MR) is 63.2 cm³/mol. The maximum atomic E-state index is 11.5. The maximum absolute atomic E-state index is 11.5. The molecule has 0 aliphatic heterocycles. The zero-order valence-electron chi connectivity index (χ0n) is 9.95. The molecule has 0 aliphatic carbocycles. The molecule has 92 valence electrons. The highest BCUT2D eigenvalue weighted by atomic mass is 16.5. The molecule has 0 fully saturated rings. The van der Waals surface area contributed by atoms with Crippen LogP contribution in [0.5, 0.6) is 5.88 Å². The third-order valence-electron chi connectivity index (χ3n) is 2.28. The first-order valence-corrected chi connectivity index (χ1v) is 5.16. The number of carbonyl (C=O) groups excluding carboxylic acids is 1. The minimum atomic E-state index is -0.495. The number of rotatable bonds is 3. The van der Waals surface area contributed by atoms with Gasteiger partial charge in [-0.3, -0.25) is 9.97 Å². The molecule has 2 aromatic rings. The van der Waals surface area contributed by atoms with Crippen LogP contribution in [0.15, 0.2) is 30.7 Å². The summed E-state index contributed by atoms with van der Waals surface area (Å²) in [4.78, 5) is 23.8. The fraction of sp³-hybridized carbons (Fsp3) is 0.167. The van der Waals surface area contributed by atoms with E-state index >= 15 is 0 Å². The molecule has 6 nitrogen and oxygen atoms in total. The molecular formula is C12H11N3O3. The molecule has 2 rings (SSSR count). The van der Waals surface area contributed by atoms with E-state index in [0.29, 0.717) is 11.4 Å². The summed E-state index contributed by atoms with van der Waals surface area (Å²) in [5, 5.41) is 0. The van der Waals surface area contributed by atoms with Crippen LogP contribution < -0.4 is 4.74 Å². The van der Waals surface area contributed by atoms with Crippen LogP contribution in [-0.4, -0.2) is 35.1 Å². The van der Waals surface area contributed by atoms with Gasteiger partial charge < -0.3 is 9.47 Å². The summed E-state index contributed by atoms with van der Waals surface area (Å²) in [5.74, 6) is -0.296. The molecule has 0 spiro atoms. The molecule has 0 aliphatic rings. The second kappa shape index (κ2) is 5.22. The highest BCUT2D eigenvalue weighted by molar-refractivity contribution is 5.92. The van der Waals surface area contributed by atoms with E-state index in [-0.39, 0.29) is 11.4 Å². The number of pyridine rings is 1. The van der Waals surface area contributed by atoms with Crippen molar-refractivity contribution >= 4 is 5.97 Å². The van der Waals surface area contributed by atoms with Gasteiger partial charge in [-0.15, -0.1) is 0 Å². The van der Waals surface area contributed by atoms with E-state index < -0.39 is 5.97 Å². The van der Waals surface area contributed by atoms with Crippen molar-refractivity contribution in [3.63, 3.8) is 0 Å². The number of nitrogens with zero attached hydrogens (tertiary/aromatic N) is 3. The van der Waals surface area contributed by atoms with E-state index in [2.05, 4.69) is 19.7 Å². The topological polar surface area (TPSA) is 74.2 Å². The molecule has 0 aromatic carbocycles. The number of hydrogen-bond acceptors (Lipinski definition) is 6. The maximum Gasteiger partial charge on any atom is 0.343 e. The molecular weight excluding hydrogens is 234 g/mol. The van der Waals surface area contributed by atoms with Gasteiger partial charge in [-0.05, 0) is 12.1 Å². The Balaban J connectivity index is 2.45. The Labute approximate surface area is 104 Å². The minimum Gasteiger partial charge on any atom is -0.480 e. The SMILES string of the molecule is COC(=O)c1ccc(-c2cnccn2)nc1OC. The average Bonchev–Trinajstić information content (AvgIpc) is 2.46. The van der Waals surface area contributed by atoms with Crippen molar-refractivity contribution in [1.82, 2.24) is 15.0 Å². The highest BCUT2D eigenvalue weighted by Crippen LogP contribution is 2.21. The molecule has 18 heavy (non-hydrogen) atoms. The van der Waals surface area contributed by atoms with Crippen LogP contribution in [0.3, 0.4) is 0 Å². The van der Waals surface area contributed by atoms with E-state index in [9.17, 15) is 4.79 Å². The zero-order valence-corrected chi connectivity index (χ0v) is 9.95. The molecule has 2 aromatic heterocycles. The Kier molecular flexibility index (Phi) is 3.47. The summed E-state index contributed by atoms with van der Waals surface area (Å²) in [5.41, 5.74) is 1.45. The minimum absolute atomic E-state index is 0.199. The summed E-state index contributed by atoms with van der Waals surface area (Å²) in [6.45, 7) is 0. The van der Waals surface area contributed by atoms with Crippen LogP contribution in [0.2, 0.25) is 0 Å². The molecule has 2 heterocycles. The van der Waals surface area contributed by atoms with E-state index in [1.54, 1.807) is 30.7 Å². The third kappa shape index (κ3) is 2.27. The van der Waals surface area contributed by atoms with Gasteiger partial charge in [0, 0.05) is 12.4 Å². The lowest BCUT2D eigenvalue weighted by Crippen LogP contribution is -2.06. The summed E-state index contributed by atoms with van der Waals surface area (Å²) in [6, 6.07) is 3.25. The monoisotopic (exact) mass is 245 g/mol. The molecule has 0 saturated heterocycles. The fourth-order valence-corrected chi connectivity index (χ4v) is 1.44. The second-order valence-corrected chi connectivity index (χ2v) is 3.34. The van der Waals surface area contributed by atoms with Crippen LogP contribution in [-0.2, 0) is 4.74 Å². The first-order chi connectivity index (χ1) is 8.76. The van der Waals surface area contributed by atoms with Crippen LogP contribution in [0, 0.1) is 0 Å². The molecule has 0 atom stereocenters. The van der Waals surface area contributed by atoms with Crippen LogP contribution in [0.25, 0.3) is 11.4 Å². The number of methoxy groups -OCH3 is 2. The van der Waals surface area contributed by atoms with Gasteiger partial charge in [0.2, 0.25) is 5.88 Å². The van der Waals surface area contributed by atoms with Crippen LogP contribution >= 0.6 is 0 Å². The van der Waals surface area contributed by atoms with Gasteiger partial charge in [0.05, 0.1) is 26.1 Å². The van der Waals surface area contributed by atoms with Crippen molar-refractivity contribution in [2.24, 2.45) is 0 Å². The number of aromatic nitrogens is 3. The van der Waals surface area contributed by atoms with Crippen molar-refractivity contribution in [2.45, 2.75) is 0 Å². The zero-order chi connectivity index (χ0) is 13.0. The third-order valence-corrected chi connectivity index (χ3v) is 2.28. The van der Waals surface area contributed by atoms with E-state index in [0.717, 1.165) is 0 Å². The number of carbonyl (C=O) groups is 1. The van der Waals surface area contributed by atoms with Gasteiger partial charge in [0.15, 0.2) is 0 Å². The van der Waals surface area contributed by atoms with Gasteiger partial charge in [-0.2, -0.15) is 0 Å². The van der Waals surface area contributed by atoms with Gasteiger partial charge in [0.25, 0.3) is 0 Å². The lowest BCUT2D eigenvalue weighted by Gasteiger charge is -2.07. The van der Waals surface area contributed by atoms with Crippen LogP contribution in [0.4, 0.5) is 0 Å². The van der Waals surface area contributed by atoms with Crippen molar-refractivity contribution in [2.75, 3.05) is 14.2 Å². The van der Waals surface area contributed by atoms with Crippen molar-refractivity contribution in [1.29, 1.82) is 0 Å². The molecule has 6 heteroatoms. The fourth-order valence-electron chi connectivity index (χ4n) is 1.44. The number of ether oxygens (including phenoxy) is 2. The lowest BCUT2D eigenvalue weighted by molar-refractivity contribution is 0.0596. The van der Waals surface area contributed by atoms with Crippen molar-refractivity contribution in [3.05, 3.63) is 36.3 Å². The smallest absolute Gasteiger partial charge is 0.343 e. The number of hydrogen-bond donors (Lipinski definition) is 0. The molecule has 0 N–H and O–H groups in total. The lowest BCUT2D eigenvalue weighted by atomic mass is 10.2. The summed E-state index contributed by atoms with van der Waals surface area (Å²) in [6.07, 6.45) is 4.72. The molecule has 0 amide bonds. The highest BCUT2D eigenvalue weighted by Gasteiger charge is 2.15. The quantitative estimate of drug-likeness (QED) is 0.759. The molecule has 0 unspecified atom stereocenters. The first-order valence-electron chi connectivity index (χ1n) is 5.16. The Morgan fingerprint density at radius 2 is 2.00 bits per heavy atom. The van der Waals surface area contributed by atoms with Gasteiger partial charge in [0.1, 0.15) is 11.3 Å². The second-order valence-electron chi connectivity index (χ2n) is 3.34. The summed E-state index contributed by atoms with van der Waals surface area (Å²) < 4.78 is 9.71. The Morgan fingerprint density at radius 1 is 1.17 bits per heavy atom. The van der Waals surface area contributed by atoms with Crippen molar-refractivity contribution < 1.29 is 14.3 Å². The molecule has 0 bridgehead atoms. The summed E-state index contributed by atoms with van der Waals surface area (Å²) >= 11 is 0. The Hall–Kier alpha value is -2.50. The average molecular weight is 245 g/mol. The van der Waals surface area contributed by atoms with Crippen molar-refractivity contribution in [3.8, 4) is 17.3 Å². The standard InChI is InChI=1S/C12H11N3O3/c1-17-11-8(12(16)18-2)3-4-9(15-11)10-7-13-5-6-14-10/h3-7H,1-2H3. The molecule has 0 radical (unpaired) electrons. The Morgan fingerprint density at radius 3 is 2.61 bits per heavy atom. The van der Waals surface area contributed by atoms with Crippen LogP contribution in [0.1, 0.15) is 10.4 Å². The predicted octanol–water partition coefficient (Wildman–Crippen LogP) is 1.33.